The van der Waals surface area contributed by atoms with Gasteiger partial charge in [-0.2, -0.15) is 0 Å². The van der Waals surface area contributed by atoms with Crippen LogP contribution in [-0.4, -0.2) is 23.5 Å². The molecule has 0 unspecified atom stereocenters. The molecule has 1 N–H and O–H groups in total. The van der Waals surface area contributed by atoms with Crippen molar-refractivity contribution in [2.45, 2.75) is 46.3 Å². The summed E-state index contributed by atoms with van der Waals surface area (Å²) in [7, 11) is 0. The van der Waals surface area contributed by atoms with Crippen LogP contribution >= 0.6 is 12.6 Å². The third kappa shape index (κ3) is 6.13. The lowest BCUT2D eigenvalue weighted by atomic mass is 10.1. The summed E-state index contributed by atoms with van der Waals surface area (Å²) in [5, 5.41) is 2.76. The van der Waals surface area contributed by atoms with Crippen LogP contribution in [0.15, 0.2) is 0 Å². The highest BCUT2D eigenvalue weighted by molar-refractivity contribution is 7.80. The number of nitrogens with one attached hydrogen (secondary N) is 1. The van der Waals surface area contributed by atoms with Gasteiger partial charge < -0.3 is 10.1 Å². The first-order valence-corrected chi connectivity index (χ1v) is 5.41. The van der Waals surface area contributed by atoms with Gasteiger partial charge in [0.15, 0.2) is 0 Å². The largest absolute Gasteiger partial charge is 0.444 e. The summed E-state index contributed by atoms with van der Waals surface area (Å²) in [6.45, 7) is 9.56. The van der Waals surface area contributed by atoms with E-state index in [0.29, 0.717) is 11.7 Å². The molecule has 0 aromatic carbocycles. The van der Waals surface area contributed by atoms with Crippen LogP contribution in [-0.2, 0) is 4.74 Å². The summed E-state index contributed by atoms with van der Waals surface area (Å²) < 4.78 is 5.12. The molecule has 0 aliphatic carbocycles. The number of carbonyl (C=O) groups is 1. The van der Waals surface area contributed by atoms with Crippen molar-refractivity contribution in [1.29, 1.82) is 0 Å². The molecular weight excluding hydrogens is 198 g/mol. The number of amides is 1. The highest BCUT2D eigenvalue weighted by Crippen LogP contribution is 2.09. The molecule has 0 aromatic rings. The molecule has 0 bridgehead atoms. The van der Waals surface area contributed by atoms with Gasteiger partial charge in [-0.1, -0.05) is 26.5 Å². The topological polar surface area (TPSA) is 38.3 Å². The second kappa shape index (κ2) is 5.49. The minimum Gasteiger partial charge on any atom is -0.444 e. The smallest absolute Gasteiger partial charge is 0.407 e. The minimum absolute atomic E-state index is 0.0137. The molecule has 83 valence electrons. The molecule has 14 heavy (non-hydrogen) atoms. The van der Waals surface area contributed by atoms with E-state index in [-0.39, 0.29) is 12.1 Å². The summed E-state index contributed by atoms with van der Waals surface area (Å²) in [4.78, 5) is 11.4. The zero-order valence-electron chi connectivity index (χ0n) is 9.59. The Morgan fingerprint density at radius 1 is 1.43 bits per heavy atom. The van der Waals surface area contributed by atoms with Crippen LogP contribution in [0.5, 0.6) is 0 Å². The van der Waals surface area contributed by atoms with Crippen molar-refractivity contribution in [3.63, 3.8) is 0 Å². The third-order valence-corrected chi connectivity index (χ3v) is 2.05. The van der Waals surface area contributed by atoms with Crippen LogP contribution in [0.2, 0.25) is 0 Å². The zero-order valence-corrected chi connectivity index (χ0v) is 10.4. The van der Waals surface area contributed by atoms with Crippen molar-refractivity contribution < 1.29 is 9.53 Å². The maximum absolute atomic E-state index is 11.4. The molecule has 3 nitrogen and oxygen atoms in total. The molecule has 0 heterocycles. The molecule has 4 heteroatoms. The zero-order chi connectivity index (χ0) is 11.4. The number of alkyl carbamates (subject to hydrolysis) is 1. The predicted octanol–water partition coefficient (Wildman–Crippen LogP) is 2.73. The van der Waals surface area contributed by atoms with Gasteiger partial charge in [0.25, 0.3) is 0 Å². The van der Waals surface area contributed by atoms with E-state index in [1.54, 1.807) is 0 Å². The van der Waals surface area contributed by atoms with Crippen LogP contribution in [0.25, 0.3) is 0 Å². The van der Waals surface area contributed by atoms with Gasteiger partial charge in [-0.3, -0.25) is 0 Å². The van der Waals surface area contributed by atoms with Crippen molar-refractivity contribution in [3.05, 3.63) is 0 Å². The SMILES string of the molecule is CC(C)[C@@H](C[S])NC(=O)OC(C)(C)C. The summed E-state index contributed by atoms with van der Waals surface area (Å²) in [6, 6.07) is 0.0137. The van der Waals surface area contributed by atoms with Crippen molar-refractivity contribution in [3.8, 4) is 0 Å². The Morgan fingerprint density at radius 2 is 1.93 bits per heavy atom. The van der Waals surface area contributed by atoms with Gasteiger partial charge in [-0.15, -0.1) is 0 Å². The van der Waals surface area contributed by atoms with Gasteiger partial charge >= 0.3 is 6.09 Å². The molecule has 1 atom stereocenters. The van der Waals surface area contributed by atoms with Crippen molar-refractivity contribution in [1.82, 2.24) is 5.32 Å². The van der Waals surface area contributed by atoms with Crippen LogP contribution in [0.4, 0.5) is 4.79 Å². The fourth-order valence-electron chi connectivity index (χ4n) is 0.860. The van der Waals surface area contributed by atoms with E-state index < -0.39 is 5.60 Å². The monoisotopic (exact) mass is 218 g/mol. The molecule has 0 aliphatic rings. The molecule has 0 spiro atoms. The quantitative estimate of drug-likeness (QED) is 0.791. The standard InChI is InChI=1S/C10H20NO2S/c1-7(2)8(6-14)11-9(12)13-10(3,4)5/h7-8H,6H2,1-5H3,(H,11,12)/t8-/m1/s1. The van der Waals surface area contributed by atoms with Crippen LogP contribution in [0.3, 0.4) is 0 Å². The molecule has 0 saturated heterocycles. The normalized spacial score (nSPS) is 13.9. The first-order chi connectivity index (χ1) is 6.26. The minimum atomic E-state index is -0.451. The van der Waals surface area contributed by atoms with Gasteiger partial charge in [-0.25, -0.2) is 4.79 Å². The maximum atomic E-state index is 11.4. The highest BCUT2D eigenvalue weighted by atomic mass is 32.1. The summed E-state index contributed by atoms with van der Waals surface area (Å²) >= 11 is 4.94. The highest BCUT2D eigenvalue weighted by Gasteiger charge is 2.20. The van der Waals surface area contributed by atoms with Gasteiger partial charge in [0.05, 0.1) is 0 Å². The Morgan fingerprint density at radius 3 is 2.21 bits per heavy atom. The second-order valence-corrected chi connectivity index (χ2v) is 5.00. The summed E-state index contributed by atoms with van der Waals surface area (Å²) in [5.74, 6) is 0.844. The molecule has 0 aromatic heterocycles. The maximum Gasteiger partial charge on any atom is 0.407 e. The Labute approximate surface area is 92.0 Å². The molecule has 0 fully saturated rings. The lowest BCUT2D eigenvalue weighted by Crippen LogP contribution is -2.42. The lowest BCUT2D eigenvalue weighted by molar-refractivity contribution is 0.0497. The lowest BCUT2D eigenvalue weighted by Gasteiger charge is -2.24. The van der Waals surface area contributed by atoms with Crippen molar-refractivity contribution >= 4 is 18.7 Å². The number of rotatable bonds is 3. The Kier molecular flexibility index (Phi) is 5.34. The van der Waals surface area contributed by atoms with E-state index in [4.69, 9.17) is 17.4 Å². The molecule has 1 amide bonds. The van der Waals surface area contributed by atoms with Gasteiger partial charge in [0.1, 0.15) is 5.60 Å². The number of carbonyl (C=O) groups excluding carboxylic acids is 1. The van der Waals surface area contributed by atoms with E-state index in [1.807, 2.05) is 34.6 Å². The molecule has 0 rings (SSSR count). The summed E-state index contributed by atoms with van der Waals surface area (Å²) in [5.41, 5.74) is -0.451. The molecule has 1 radical (unpaired) electrons. The number of hydrogen-bond donors (Lipinski definition) is 1. The van der Waals surface area contributed by atoms with E-state index in [0.717, 1.165) is 0 Å². The van der Waals surface area contributed by atoms with E-state index >= 15 is 0 Å². The number of ether oxygens (including phenoxy) is 1. The molecule has 0 aliphatic heterocycles. The predicted molar refractivity (Wildman–Crippen MR) is 60.5 cm³/mol. The molecular formula is C10H20NO2S. The fraction of sp³-hybridized carbons (Fsp3) is 0.900. The van der Waals surface area contributed by atoms with Crippen LogP contribution in [0.1, 0.15) is 34.6 Å². The fourth-order valence-corrected chi connectivity index (χ4v) is 1.33. The first kappa shape index (κ1) is 13.6. The van der Waals surface area contributed by atoms with Gasteiger partial charge in [0, 0.05) is 11.8 Å². The first-order valence-electron chi connectivity index (χ1n) is 4.84. The Bertz CT molecular complexity index is 187. The Balaban J connectivity index is 4.04. The van der Waals surface area contributed by atoms with Crippen LogP contribution < -0.4 is 5.32 Å². The average molecular weight is 218 g/mol. The average Bonchev–Trinajstić information content (AvgIpc) is 1.96. The van der Waals surface area contributed by atoms with E-state index in [9.17, 15) is 4.79 Å². The van der Waals surface area contributed by atoms with Crippen molar-refractivity contribution in [2.24, 2.45) is 5.92 Å². The number of hydrogen-bond acceptors (Lipinski definition) is 2. The Hall–Kier alpha value is -0.380. The summed E-state index contributed by atoms with van der Waals surface area (Å²) in [6.07, 6.45) is -0.388. The third-order valence-electron chi connectivity index (χ3n) is 1.69. The van der Waals surface area contributed by atoms with E-state index in [2.05, 4.69) is 5.32 Å². The van der Waals surface area contributed by atoms with Crippen LogP contribution in [0, 0.1) is 5.92 Å². The van der Waals surface area contributed by atoms with E-state index in [1.165, 1.54) is 0 Å². The van der Waals surface area contributed by atoms with Gasteiger partial charge in [-0.05, 0) is 26.7 Å². The second-order valence-electron chi connectivity index (χ2n) is 4.66. The molecule has 0 saturated carbocycles. The van der Waals surface area contributed by atoms with Gasteiger partial charge in [0.2, 0.25) is 0 Å². The van der Waals surface area contributed by atoms with Crippen molar-refractivity contribution in [2.75, 3.05) is 5.75 Å².